The first-order valence-electron chi connectivity index (χ1n) is 14.6. The molecule has 0 saturated carbocycles. The molecule has 1 heterocycles. The molecule has 0 bridgehead atoms. The SMILES string of the molecule is CCS(=O)(=O)Cc1ccc(C(=O)c2ccc(F)cc2Cl)c(-c2cn(C)c(=O)cc2C(CC(=O)OC(C)(C)C)N[S@@+]([O-])C(C)(C)C)c1. The summed E-state index contributed by atoms with van der Waals surface area (Å²) in [5.74, 6) is -2.28. The van der Waals surface area contributed by atoms with E-state index in [0.29, 0.717) is 11.1 Å². The third-order valence-electron chi connectivity index (χ3n) is 6.85. The lowest BCUT2D eigenvalue weighted by molar-refractivity contribution is -0.155. The Kier molecular flexibility index (Phi) is 11.7. The van der Waals surface area contributed by atoms with E-state index in [9.17, 15) is 31.7 Å². The van der Waals surface area contributed by atoms with Crippen molar-refractivity contribution in [2.75, 3.05) is 5.75 Å². The molecule has 0 spiro atoms. The number of ether oxygens (including phenoxy) is 1. The van der Waals surface area contributed by atoms with Crippen molar-refractivity contribution >= 4 is 44.6 Å². The van der Waals surface area contributed by atoms with Crippen molar-refractivity contribution in [1.29, 1.82) is 0 Å². The lowest BCUT2D eigenvalue weighted by Gasteiger charge is -2.30. The van der Waals surface area contributed by atoms with Crippen molar-refractivity contribution in [2.45, 2.75) is 77.0 Å². The van der Waals surface area contributed by atoms with E-state index in [1.54, 1.807) is 41.5 Å². The fraction of sp³-hybridized carbons (Fsp3) is 0.424. The van der Waals surface area contributed by atoms with E-state index in [0.717, 1.165) is 12.1 Å². The van der Waals surface area contributed by atoms with Crippen LogP contribution in [0.3, 0.4) is 0 Å². The molecule has 3 rings (SSSR count). The summed E-state index contributed by atoms with van der Waals surface area (Å²) in [6, 6.07) is 8.11. The van der Waals surface area contributed by atoms with Gasteiger partial charge in [-0.25, -0.2) is 12.8 Å². The van der Waals surface area contributed by atoms with Crippen LogP contribution in [0.1, 0.15) is 88.0 Å². The summed E-state index contributed by atoms with van der Waals surface area (Å²) >= 11 is 4.55. The number of sulfone groups is 1. The Morgan fingerprint density at radius 1 is 1.04 bits per heavy atom. The smallest absolute Gasteiger partial charge is 0.308 e. The van der Waals surface area contributed by atoms with Crippen LogP contribution < -0.4 is 10.3 Å². The highest BCUT2D eigenvalue weighted by atomic mass is 35.5. The van der Waals surface area contributed by atoms with Gasteiger partial charge in [-0.05, 0) is 82.5 Å². The minimum atomic E-state index is -3.49. The first-order chi connectivity index (χ1) is 21.1. The van der Waals surface area contributed by atoms with Crippen molar-refractivity contribution in [2.24, 2.45) is 7.05 Å². The van der Waals surface area contributed by atoms with Crippen molar-refractivity contribution in [1.82, 2.24) is 9.29 Å². The first kappa shape index (κ1) is 37.4. The summed E-state index contributed by atoms with van der Waals surface area (Å²) < 4.78 is 61.5. The number of hydrogen-bond acceptors (Lipinski definition) is 8. The molecule has 1 aromatic heterocycles. The Balaban J connectivity index is 2.37. The van der Waals surface area contributed by atoms with Gasteiger partial charge in [0.2, 0.25) is 0 Å². The van der Waals surface area contributed by atoms with Gasteiger partial charge in [0.15, 0.2) is 15.6 Å². The molecule has 0 radical (unpaired) electrons. The normalized spacial score (nSPS) is 13.7. The minimum absolute atomic E-state index is 0.00174. The molecule has 0 amide bonds. The van der Waals surface area contributed by atoms with Crippen molar-refractivity contribution < 1.29 is 31.7 Å². The molecule has 2 atom stereocenters. The average molecular weight is 695 g/mol. The molecule has 46 heavy (non-hydrogen) atoms. The number of aryl methyl sites for hydroxylation is 1. The fourth-order valence-electron chi connectivity index (χ4n) is 4.51. The lowest BCUT2D eigenvalue weighted by atomic mass is 9.88. The first-order valence-corrected chi connectivity index (χ1v) is 17.9. The van der Waals surface area contributed by atoms with Gasteiger partial charge < -0.3 is 13.9 Å². The van der Waals surface area contributed by atoms with Gasteiger partial charge in [-0.1, -0.05) is 30.7 Å². The van der Waals surface area contributed by atoms with E-state index >= 15 is 0 Å². The summed E-state index contributed by atoms with van der Waals surface area (Å²) in [6.07, 6.45) is 1.15. The maximum atomic E-state index is 14.0. The van der Waals surface area contributed by atoms with Gasteiger partial charge in [0, 0.05) is 53.1 Å². The van der Waals surface area contributed by atoms with Crippen LogP contribution in [0, 0.1) is 5.82 Å². The number of benzene rings is 2. The quantitative estimate of drug-likeness (QED) is 0.150. The van der Waals surface area contributed by atoms with Crippen LogP contribution in [0.25, 0.3) is 11.1 Å². The van der Waals surface area contributed by atoms with E-state index in [-0.39, 0.29) is 45.2 Å². The number of aromatic nitrogens is 1. The zero-order chi connectivity index (χ0) is 34.8. The Morgan fingerprint density at radius 2 is 1.67 bits per heavy atom. The number of carbonyl (C=O) groups is 2. The van der Waals surface area contributed by atoms with Crippen LogP contribution in [0.2, 0.25) is 5.02 Å². The predicted octanol–water partition coefficient (Wildman–Crippen LogP) is 5.84. The van der Waals surface area contributed by atoms with Crippen LogP contribution in [-0.2, 0) is 43.5 Å². The fourth-order valence-corrected chi connectivity index (χ4v) is 6.47. The minimum Gasteiger partial charge on any atom is -0.598 e. The van der Waals surface area contributed by atoms with Gasteiger partial charge in [0.05, 0.1) is 23.2 Å². The number of nitrogens with one attached hydrogen (secondary N) is 1. The molecule has 2 aromatic carbocycles. The van der Waals surface area contributed by atoms with E-state index in [1.165, 1.54) is 55.1 Å². The van der Waals surface area contributed by atoms with E-state index < -0.39 is 60.7 Å². The molecule has 250 valence electrons. The second-order valence-corrected chi connectivity index (χ2v) is 17.7. The molecule has 0 fully saturated rings. The maximum Gasteiger partial charge on any atom is 0.308 e. The summed E-state index contributed by atoms with van der Waals surface area (Å²) in [7, 11) is -1.99. The molecule has 3 aromatic rings. The number of ketones is 1. The highest BCUT2D eigenvalue weighted by Crippen LogP contribution is 2.36. The number of carbonyl (C=O) groups excluding carboxylic acids is 2. The second-order valence-electron chi connectivity index (χ2n) is 12.9. The van der Waals surface area contributed by atoms with Crippen LogP contribution in [0.15, 0.2) is 53.5 Å². The molecule has 13 heteroatoms. The van der Waals surface area contributed by atoms with Crippen LogP contribution in [-0.4, -0.2) is 45.4 Å². The van der Waals surface area contributed by atoms with Gasteiger partial charge >= 0.3 is 5.97 Å². The van der Waals surface area contributed by atoms with Crippen LogP contribution >= 0.6 is 11.6 Å². The standard InChI is InChI=1S/C33H40ClFN2O7S2/c1-9-46(42,43)19-20-10-12-22(31(40)23-13-11-21(35)15-27(23)34)24(14-20)26-18-37(8)29(38)16-25(26)28(36-45(41)33(5,6)7)17-30(39)44-32(2,3)4/h10-16,18,28,36H,9,17,19H2,1-8H3/t28?,45-/m0/s1. The molecular weight excluding hydrogens is 655 g/mol. The Bertz CT molecular complexity index is 1790. The lowest BCUT2D eigenvalue weighted by Crippen LogP contribution is -2.42. The molecular formula is C33H40ClFN2O7S2. The highest BCUT2D eigenvalue weighted by Gasteiger charge is 2.34. The van der Waals surface area contributed by atoms with E-state index in [1.807, 2.05) is 0 Å². The average Bonchev–Trinajstić information content (AvgIpc) is 2.91. The number of halogens is 2. The van der Waals surface area contributed by atoms with Crippen molar-refractivity contribution in [3.63, 3.8) is 0 Å². The molecule has 0 aliphatic rings. The molecule has 1 unspecified atom stereocenters. The molecule has 9 nitrogen and oxygen atoms in total. The monoisotopic (exact) mass is 694 g/mol. The predicted molar refractivity (Wildman–Crippen MR) is 179 cm³/mol. The number of hydrogen-bond donors (Lipinski definition) is 1. The zero-order valence-electron chi connectivity index (χ0n) is 27.2. The molecule has 0 aliphatic heterocycles. The van der Waals surface area contributed by atoms with Gasteiger partial charge in [-0.15, -0.1) is 4.72 Å². The summed E-state index contributed by atoms with van der Waals surface area (Å²) in [5, 5.41) is -0.126. The number of esters is 1. The zero-order valence-corrected chi connectivity index (χ0v) is 29.6. The Labute approximate surface area is 277 Å². The van der Waals surface area contributed by atoms with E-state index in [2.05, 4.69) is 4.72 Å². The van der Waals surface area contributed by atoms with Crippen molar-refractivity contribution in [3.8, 4) is 11.1 Å². The van der Waals surface area contributed by atoms with Crippen molar-refractivity contribution in [3.05, 3.63) is 92.1 Å². The third kappa shape index (κ3) is 9.74. The molecule has 0 saturated heterocycles. The topological polar surface area (TPSA) is 135 Å². The van der Waals surface area contributed by atoms with Gasteiger partial charge in [0.25, 0.3) is 5.56 Å². The van der Waals surface area contributed by atoms with Gasteiger partial charge in [-0.3, -0.25) is 14.4 Å². The molecule has 0 aliphatic carbocycles. The second kappa shape index (κ2) is 14.4. The highest BCUT2D eigenvalue weighted by molar-refractivity contribution is 7.91. The summed E-state index contributed by atoms with van der Waals surface area (Å²) in [6.45, 7) is 11.9. The van der Waals surface area contributed by atoms with Gasteiger partial charge in [-0.2, -0.15) is 0 Å². The Morgan fingerprint density at radius 3 is 2.24 bits per heavy atom. The largest absolute Gasteiger partial charge is 0.598 e. The summed E-state index contributed by atoms with van der Waals surface area (Å²) in [4.78, 5) is 40.2. The number of rotatable bonds is 11. The van der Waals surface area contributed by atoms with Crippen LogP contribution in [0.4, 0.5) is 4.39 Å². The number of nitrogens with zero attached hydrogens (tertiary/aromatic N) is 1. The summed E-state index contributed by atoms with van der Waals surface area (Å²) in [5.41, 5.74) is -0.0529. The molecule has 1 N–H and O–H groups in total. The Hall–Kier alpha value is -3.03. The third-order valence-corrected chi connectivity index (χ3v) is 10.4. The maximum absolute atomic E-state index is 14.0. The van der Waals surface area contributed by atoms with E-state index in [4.69, 9.17) is 16.3 Å². The number of pyridine rings is 1. The van der Waals surface area contributed by atoms with Gasteiger partial charge in [0.1, 0.15) is 16.2 Å². The van der Waals surface area contributed by atoms with Crippen LogP contribution in [0.5, 0.6) is 0 Å².